The predicted octanol–water partition coefficient (Wildman–Crippen LogP) is 4.84. The number of fused-ring (bicyclic) bond motifs is 3. The monoisotopic (exact) mass is 473 g/mol. The fourth-order valence-corrected chi connectivity index (χ4v) is 5.17. The Morgan fingerprint density at radius 3 is 2.80 bits per heavy atom. The zero-order chi connectivity index (χ0) is 24.8. The van der Waals surface area contributed by atoms with Gasteiger partial charge in [0.25, 0.3) is 0 Å². The molecule has 1 aliphatic heterocycles. The third kappa shape index (κ3) is 5.96. The molecule has 6 atom stereocenters. The van der Waals surface area contributed by atoms with E-state index in [1.54, 1.807) is 6.92 Å². The number of hydrogen-bond acceptors (Lipinski definition) is 4. The van der Waals surface area contributed by atoms with Gasteiger partial charge < -0.3 is 20.3 Å². The third-order valence-corrected chi connectivity index (χ3v) is 7.11. The van der Waals surface area contributed by atoms with Crippen LogP contribution in [0.4, 0.5) is 5.69 Å². The molecule has 5 heteroatoms. The van der Waals surface area contributed by atoms with E-state index in [0.29, 0.717) is 19.3 Å². The Kier molecular flexibility index (Phi) is 8.28. The summed E-state index contributed by atoms with van der Waals surface area (Å²) in [6, 6.07) is 15.7. The lowest BCUT2D eigenvalue weighted by atomic mass is 9.86. The van der Waals surface area contributed by atoms with Crippen LogP contribution in [0.5, 0.6) is 5.75 Å². The van der Waals surface area contributed by atoms with E-state index in [1.165, 1.54) is 0 Å². The van der Waals surface area contributed by atoms with Gasteiger partial charge in [0.2, 0.25) is 5.91 Å². The molecule has 0 radical (unpaired) electrons. The Morgan fingerprint density at radius 2 is 2.03 bits per heavy atom. The van der Waals surface area contributed by atoms with Gasteiger partial charge in [0.05, 0.1) is 12.2 Å². The van der Waals surface area contributed by atoms with Gasteiger partial charge in [0.1, 0.15) is 11.9 Å². The van der Waals surface area contributed by atoms with E-state index < -0.39 is 12.2 Å². The third-order valence-electron chi connectivity index (χ3n) is 7.11. The summed E-state index contributed by atoms with van der Waals surface area (Å²) < 4.78 is 6.35. The maximum Gasteiger partial charge on any atom is 0.224 e. The minimum absolute atomic E-state index is 0.00703. The Bertz CT molecular complexity index is 1100. The number of aliphatic hydroxyl groups is 2. The van der Waals surface area contributed by atoms with Crippen LogP contribution in [0, 0.1) is 23.7 Å². The highest BCUT2D eigenvalue weighted by atomic mass is 16.5. The Morgan fingerprint density at radius 1 is 1.23 bits per heavy atom. The highest BCUT2D eigenvalue weighted by Gasteiger charge is 2.48. The fourth-order valence-electron chi connectivity index (χ4n) is 5.17. The van der Waals surface area contributed by atoms with Crippen LogP contribution in [0.15, 0.2) is 60.7 Å². The topological polar surface area (TPSA) is 78.8 Å². The summed E-state index contributed by atoms with van der Waals surface area (Å²) in [5.74, 6) is 6.80. The van der Waals surface area contributed by atoms with Gasteiger partial charge in [-0.15, -0.1) is 11.8 Å². The van der Waals surface area contributed by atoms with Crippen molar-refractivity contribution < 1.29 is 19.7 Å². The molecule has 1 fully saturated rings. The molecule has 4 rings (SSSR count). The maximum atomic E-state index is 12.3. The van der Waals surface area contributed by atoms with Crippen LogP contribution in [0.2, 0.25) is 0 Å². The van der Waals surface area contributed by atoms with E-state index in [2.05, 4.69) is 29.3 Å². The molecule has 1 saturated carbocycles. The quantitative estimate of drug-likeness (QED) is 0.360. The summed E-state index contributed by atoms with van der Waals surface area (Å²) in [5, 5.41) is 24.2. The molecule has 3 N–H and O–H groups in total. The number of carbonyl (C=O) groups is 1. The van der Waals surface area contributed by atoms with Crippen molar-refractivity contribution in [2.24, 2.45) is 11.8 Å². The van der Waals surface area contributed by atoms with Gasteiger partial charge in [-0.2, -0.15) is 0 Å². The summed E-state index contributed by atoms with van der Waals surface area (Å²) in [6.07, 6.45) is 5.73. The van der Waals surface area contributed by atoms with Crippen molar-refractivity contribution in [3.63, 3.8) is 0 Å². The molecule has 35 heavy (non-hydrogen) atoms. The molecular formula is C30H35NO4. The SMILES string of the molecule is CC#CC[C@H](C)[C@H](O)C=C[C@@H]1[C@H]2c3cccc(CCCC(=O)Nc4ccccc4)c3O[C@H]2C[C@H]1O. The number of amides is 1. The predicted molar refractivity (Wildman–Crippen MR) is 138 cm³/mol. The lowest BCUT2D eigenvalue weighted by molar-refractivity contribution is -0.116. The number of nitrogens with one attached hydrogen (secondary N) is 1. The maximum absolute atomic E-state index is 12.3. The smallest absolute Gasteiger partial charge is 0.224 e. The number of para-hydroxylation sites is 2. The number of aryl methyl sites for hydroxylation is 1. The molecule has 5 nitrogen and oxygen atoms in total. The van der Waals surface area contributed by atoms with E-state index in [4.69, 9.17) is 4.74 Å². The van der Waals surface area contributed by atoms with Gasteiger partial charge in [0, 0.05) is 42.3 Å². The van der Waals surface area contributed by atoms with Crippen molar-refractivity contribution in [1.82, 2.24) is 0 Å². The van der Waals surface area contributed by atoms with E-state index in [1.807, 2.05) is 55.5 Å². The molecule has 184 valence electrons. The van der Waals surface area contributed by atoms with Crippen molar-refractivity contribution in [2.45, 2.75) is 70.2 Å². The van der Waals surface area contributed by atoms with Gasteiger partial charge in [-0.3, -0.25) is 4.79 Å². The molecule has 0 saturated heterocycles. The van der Waals surface area contributed by atoms with Crippen molar-refractivity contribution in [2.75, 3.05) is 5.32 Å². The van der Waals surface area contributed by atoms with Crippen LogP contribution in [0.1, 0.15) is 56.6 Å². The first-order chi connectivity index (χ1) is 17.0. The molecule has 1 aliphatic carbocycles. The Labute approximate surface area is 208 Å². The van der Waals surface area contributed by atoms with Crippen LogP contribution >= 0.6 is 0 Å². The second-order valence-corrected chi connectivity index (χ2v) is 9.65. The molecule has 1 heterocycles. The zero-order valence-electron chi connectivity index (χ0n) is 20.5. The van der Waals surface area contributed by atoms with E-state index in [-0.39, 0.29) is 29.8 Å². The van der Waals surface area contributed by atoms with Crippen LogP contribution in [0.3, 0.4) is 0 Å². The van der Waals surface area contributed by atoms with Crippen LogP contribution < -0.4 is 10.1 Å². The zero-order valence-corrected chi connectivity index (χ0v) is 20.5. The van der Waals surface area contributed by atoms with Crippen LogP contribution in [-0.2, 0) is 11.2 Å². The summed E-state index contributed by atoms with van der Waals surface area (Å²) >= 11 is 0. The largest absolute Gasteiger partial charge is 0.489 e. The summed E-state index contributed by atoms with van der Waals surface area (Å²) in [5.41, 5.74) is 3.03. The minimum Gasteiger partial charge on any atom is -0.489 e. The number of anilines is 1. The summed E-state index contributed by atoms with van der Waals surface area (Å²) in [7, 11) is 0. The number of ether oxygens (including phenoxy) is 1. The van der Waals surface area contributed by atoms with E-state index >= 15 is 0 Å². The Balaban J connectivity index is 1.39. The molecule has 0 unspecified atom stereocenters. The first-order valence-electron chi connectivity index (χ1n) is 12.5. The first kappa shape index (κ1) is 25.0. The lowest BCUT2D eigenvalue weighted by Gasteiger charge is -2.19. The number of aliphatic hydroxyl groups excluding tert-OH is 2. The lowest BCUT2D eigenvalue weighted by Crippen LogP contribution is -2.19. The molecule has 0 aromatic heterocycles. The van der Waals surface area contributed by atoms with Gasteiger partial charge in [0.15, 0.2) is 0 Å². The fraction of sp³-hybridized carbons (Fsp3) is 0.433. The molecule has 0 spiro atoms. The molecule has 2 aromatic rings. The highest BCUT2D eigenvalue weighted by Crippen LogP contribution is 2.52. The molecule has 0 bridgehead atoms. The van der Waals surface area contributed by atoms with Crippen molar-refractivity contribution >= 4 is 11.6 Å². The average molecular weight is 474 g/mol. The van der Waals surface area contributed by atoms with Crippen molar-refractivity contribution in [1.29, 1.82) is 0 Å². The van der Waals surface area contributed by atoms with Gasteiger partial charge in [-0.05, 0) is 43.4 Å². The normalized spacial score (nSPS) is 24.1. The molecule has 1 amide bonds. The number of rotatable bonds is 9. The molecule has 2 aromatic carbocycles. The molecular weight excluding hydrogens is 438 g/mol. The van der Waals surface area contributed by atoms with Crippen LogP contribution in [0.25, 0.3) is 0 Å². The Hall–Kier alpha value is -3.07. The summed E-state index contributed by atoms with van der Waals surface area (Å²) in [6.45, 7) is 3.78. The van der Waals surface area contributed by atoms with Gasteiger partial charge in [-0.1, -0.05) is 55.5 Å². The second-order valence-electron chi connectivity index (χ2n) is 9.65. The minimum atomic E-state index is -0.600. The van der Waals surface area contributed by atoms with Crippen molar-refractivity contribution in [3.8, 4) is 17.6 Å². The first-order valence-corrected chi connectivity index (χ1v) is 12.5. The standard InChI is InChI=1S/C30H35NO4/c1-3-4-10-20(2)25(32)18-17-23-26(33)19-27-29(23)24-15-8-11-21(30(24)35-27)12-9-16-28(34)31-22-13-6-5-7-14-22/h5-8,11,13-15,17-18,20,23,25-27,29,32-33H,9-10,12,16,19H2,1-2H3,(H,31,34)/t20-,23-,25+,26+,27-,29-/m0/s1. The number of hydrogen-bond donors (Lipinski definition) is 3. The van der Waals surface area contributed by atoms with E-state index in [0.717, 1.165) is 35.4 Å². The van der Waals surface area contributed by atoms with Gasteiger partial charge >= 0.3 is 0 Å². The number of carbonyl (C=O) groups excluding carboxylic acids is 1. The van der Waals surface area contributed by atoms with E-state index in [9.17, 15) is 15.0 Å². The molecule has 2 aliphatic rings. The second kappa shape index (κ2) is 11.6. The van der Waals surface area contributed by atoms with Crippen LogP contribution in [-0.4, -0.2) is 34.4 Å². The summed E-state index contributed by atoms with van der Waals surface area (Å²) in [4.78, 5) is 12.3. The highest BCUT2D eigenvalue weighted by molar-refractivity contribution is 5.90. The number of benzene rings is 2. The van der Waals surface area contributed by atoms with Crippen molar-refractivity contribution in [3.05, 3.63) is 71.8 Å². The average Bonchev–Trinajstić information content (AvgIpc) is 3.36. The van der Waals surface area contributed by atoms with Gasteiger partial charge in [-0.25, -0.2) is 0 Å².